The van der Waals surface area contributed by atoms with Crippen LogP contribution in [-0.4, -0.2) is 15.5 Å². The molecule has 4 aromatic rings. The van der Waals surface area contributed by atoms with E-state index in [1.165, 1.54) is 0 Å². The minimum atomic E-state index is -0.263. The van der Waals surface area contributed by atoms with Crippen LogP contribution in [0, 0.1) is 0 Å². The van der Waals surface area contributed by atoms with Crippen LogP contribution in [-0.2, 0) is 13.1 Å². The lowest BCUT2D eigenvalue weighted by molar-refractivity contribution is 0.179. The predicted molar refractivity (Wildman–Crippen MR) is 116 cm³/mol. The number of hydrogen-bond donors (Lipinski definition) is 1. The number of amides is 2. The SMILES string of the molecule is O=C(NCc1ccco1)N1Cc2ccccc2-n2cccc2[C@H]1c1ccc(Cl)cc1. The Labute approximate surface area is 179 Å². The largest absolute Gasteiger partial charge is 0.467 e. The van der Waals surface area contributed by atoms with Crippen molar-refractivity contribution in [2.75, 3.05) is 0 Å². The van der Waals surface area contributed by atoms with Crippen molar-refractivity contribution in [1.82, 2.24) is 14.8 Å². The number of benzene rings is 2. The van der Waals surface area contributed by atoms with Gasteiger partial charge in [-0.25, -0.2) is 4.79 Å². The van der Waals surface area contributed by atoms with E-state index in [1.54, 1.807) is 6.26 Å². The minimum Gasteiger partial charge on any atom is -0.467 e. The monoisotopic (exact) mass is 417 g/mol. The highest BCUT2D eigenvalue weighted by molar-refractivity contribution is 6.30. The van der Waals surface area contributed by atoms with Gasteiger partial charge in [-0.3, -0.25) is 0 Å². The second kappa shape index (κ2) is 7.76. The number of halogens is 1. The molecule has 0 radical (unpaired) electrons. The molecular weight excluding hydrogens is 398 g/mol. The maximum Gasteiger partial charge on any atom is 0.318 e. The van der Waals surface area contributed by atoms with Gasteiger partial charge in [-0.15, -0.1) is 0 Å². The number of urea groups is 1. The van der Waals surface area contributed by atoms with Crippen molar-refractivity contribution in [1.29, 1.82) is 0 Å². The zero-order chi connectivity index (χ0) is 20.5. The Kier molecular flexibility index (Phi) is 4.81. The van der Waals surface area contributed by atoms with Crippen molar-refractivity contribution in [2.24, 2.45) is 0 Å². The first-order valence-electron chi connectivity index (χ1n) is 9.78. The smallest absolute Gasteiger partial charge is 0.318 e. The van der Waals surface area contributed by atoms with Gasteiger partial charge in [0.2, 0.25) is 0 Å². The van der Waals surface area contributed by atoms with Crippen LogP contribution in [0.2, 0.25) is 5.02 Å². The standard InChI is InChI=1S/C24H20ClN3O2/c25-19-11-9-17(10-12-19)23-22-8-3-13-27(22)21-7-2-1-5-18(21)16-28(23)24(29)26-15-20-6-4-14-30-20/h1-14,23H,15-16H2,(H,26,29)/t23-/m1/s1. The molecule has 0 spiro atoms. The number of carbonyl (C=O) groups excluding carboxylic acids is 1. The predicted octanol–water partition coefficient (Wildman–Crippen LogP) is 5.54. The molecule has 1 aliphatic rings. The summed E-state index contributed by atoms with van der Waals surface area (Å²) >= 11 is 6.13. The van der Waals surface area contributed by atoms with Crippen molar-refractivity contribution in [3.8, 4) is 5.69 Å². The molecule has 5 rings (SSSR count). The van der Waals surface area contributed by atoms with Gasteiger partial charge in [0.05, 0.1) is 31.1 Å². The number of nitrogens with one attached hydrogen (secondary N) is 1. The van der Waals surface area contributed by atoms with Crippen LogP contribution in [0.25, 0.3) is 5.69 Å². The van der Waals surface area contributed by atoms with E-state index >= 15 is 0 Å². The second-order valence-corrected chi connectivity index (χ2v) is 7.69. The number of hydrogen-bond acceptors (Lipinski definition) is 2. The first-order valence-corrected chi connectivity index (χ1v) is 10.2. The summed E-state index contributed by atoms with van der Waals surface area (Å²) in [4.78, 5) is 15.2. The van der Waals surface area contributed by atoms with Crippen molar-refractivity contribution < 1.29 is 9.21 Å². The highest BCUT2D eigenvalue weighted by atomic mass is 35.5. The molecule has 0 fully saturated rings. The third-order valence-electron chi connectivity index (χ3n) is 5.40. The van der Waals surface area contributed by atoms with E-state index < -0.39 is 0 Å². The fourth-order valence-electron chi connectivity index (χ4n) is 4.01. The topological polar surface area (TPSA) is 50.4 Å². The van der Waals surface area contributed by atoms with Gasteiger partial charge in [0.15, 0.2) is 0 Å². The molecular formula is C24H20ClN3O2. The van der Waals surface area contributed by atoms with Gasteiger partial charge in [-0.2, -0.15) is 0 Å². The molecule has 0 aliphatic carbocycles. The van der Waals surface area contributed by atoms with E-state index in [-0.39, 0.29) is 12.1 Å². The molecule has 1 aliphatic heterocycles. The molecule has 30 heavy (non-hydrogen) atoms. The maximum atomic E-state index is 13.4. The van der Waals surface area contributed by atoms with Gasteiger partial charge >= 0.3 is 6.03 Å². The summed E-state index contributed by atoms with van der Waals surface area (Å²) in [5.74, 6) is 0.713. The summed E-state index contributed by atoms with van der Waals surface area (Å²) in [6.07, 6.45) is 3.65. The second-order valence-electron chi connectivity index (χ2n) is 7.25. The van der Waals surface area contributed by atoms with Crippen LogP contribution < -0.4 is 5.32 Å². The molecule has 1 atom stereocenters. The van der Waals surface area contributed by atoms with E-state index in [0.29, 0.717) is 23.9 Å². The number of para-hydroxylation sites is 1. The Balaban J connectivity index is 1.58. The number of furan rings is 1. The quantitative estimate of drug-likeness (QED) is 0.476. The van der Waals surface area contributed by atoms with Crippen LogP contribution in [0.15, 0.2) is 89.7 Å². The van der Waals surface area contributed by atoms with Gasteiger partial charge in [-0.05, 0) is 53.6 Å². The summed E-state index contributed by atoms with van der Waals surface area (Å²) in [5.41, 5.74) is 4.19. The Morgan fingerprint density at radius 3 is 2.67 bits per heavy atom. The zero-order valence-electron chi connectivity index (χ0n) is 16.2. The third-order valence-corrected chi connectivity index (χ3v) is 5.66. The van der Waals surface area contributed by atoms with Crippen LogP contribution in [0.3, 0.4) is 0 Å². The molecule has 0 saturated heterocycles. The molecule has 0 unspecified atom stereocenters. The van der Waals surface area contributed by atoms with Crippen LogP contribution in [0.5, 0.6) is 0 Å². The normalized spacial score (nSPS) is 15.2. The summed E-state index contributed by atoms with van der Waals surface area (Å²) in [6.45, 7) is 0.813. The van der Waals surface area contributed by atoms with Gasteiger partial charge in [-0.1, -0.05) is 41.9 Å². The number of carbonyl (C=O) groups is 1. The van der Waals surface area contributed by atoms with E-state index in [9.17, 15) is 4.79 Å². The van der Waals surface area contributed by atoms with Gasteiger partial charge in [0.25, 0.3) is 0 Å². The van der Waals surface area contributed by atoms with Crippen molar-refractivity contribution >= 4 is 17.6 Å². The molecule has 0 saturated carbocycles. The van der Waals surface area contributed by atoms with Crippen molar-refractivity contribution in [3.63, 3.8) is 0 Å². The molecule has 0 bridgehead atoms. The van der Waals surface area contributed by atoms with E-state index in [4.69, 9.17) is 16.0 Å². The lowest BCUT2D eigenvalue weighted by Gasteiger charge is -2.31. The molecule has 2 amide bonds. The lowest BCUT2D eigenvalue weighted by atomic mass is 10.0. The fraction of sp³-hybridized carbons (Fsp3) is 0.125. The molecule has 1 N–H and O–H groups in total. The van der Waals surface area contributed by atoms with Crippen LogP contribution in [0.4, 0.5) is 4.79 Å². The molecule has 5 nitrogen and oxygen atoms in total. The Morgan fingerprint density at radius 2 is 1.87 bits per heavy atom. The Morgan fingerprint density at radius 1 is 1.03 bits per heavy atom. The summed E-state index contributed by atoms with van der Waals surface area (Å²) in [7, 11) is 0. The number of fused-ring (bicyclic) bond motifs is 3. The summed E-state index contributed by atoms with van der Waals surface area (Å²) in [5, 5.41) is 3.67. The van der Waals surface area contributed by atoms with Crippen molar-refractivity contribution in [2.45, 2.75) is 19.1 Å². The Bertz CT molecular complexity index is 1170. The fourth-order valence-corrected chi connectivity index (χ4v) is 4.14. The minimum absolute atomic E-state index is 0.157. The molecule has 3 heterocycles. The van der Waals surface area contributed by atoms with Gasteiger partial charge in [0.1, 0.15) is 5.76 Å². The van der Waals surface area contributed by atoms with E-state index in [2.05, 4.69) is 28.1 Å². The molecule has 150 valence electrons. The number of nitrogens with zero attached hydrogens (tertiary/aromatic N) is 2. The molecule has 6 heteroatoms. The first kappa shape index (κ1) is 18.6. The highest BCUT2D eigenvalue weighted by Crippen LogP contribution is 2.36. The lowest BCUT2D eigenvalue weighted by Crippen LogP contribution is -2.41. The third kappa shape index (κ3) is 3.37. The van der Waals surface area contributed by atoms with Crippen LogP contribution >= 0.6 is 11.6 Å². The first-order chi connectivity index (χ1) is 14.7. The summed E-state index contributed by atoms with van der Waals surface area (Å²) in [6, 6.07) is 23.2. The van der Waals surface area contributed by atoms with Crippen molar-refractivity contribution in [3.05, 3.63) is 113 Å². The average molecular weight is 418 g/mol. The average Bonchev–Trinajstić information content (AvgIpc) is 3.43. The van der Waals surface area contributed by atoms with Gasteiger partial charge in [0, 0.05) is 16.9 Å². The zero-order valence-corrected chi connectivity index (χ0v) is 16.9. The van der Waals surface area contributed by atoms with Crippen LogP contribution in [0.1, 0.15) is 28.6 Å². The Hall–Kier alpha value is -3.44. The molecule has 2 aromatic heterocycles. The summed E-state index contributed by atoms with van der Waals surface area (Å²) < 4.78 is 7.53. The van der Waals surface area contributed by atoms with Gasteiger partial charge < -0.3 is 19.2 Å². The maximum absolute atomic E-state index is 13.4. The highest BCUT2D eigenvalue weighted by Gasteiger charge is 2.32. The van der Waals surface area contributed by atoms with E-state index in [1.807, 2.05) is 65.7 Å². The molecule has 2 aromatic carbocycles. The van der Waals surface area contributed by atoms with E-state index in [0.717, 1.165) is 22.5 Å². The number of aromatic nitrogens is 1. The number of rotatable bonds is 3.